The number of nitrogens with zero attached hydrogens (tertiary/aromatic N) is 3. The third-order valence-corrected chi connectivity index (χ3v) is 9.14. The zero-order valence-electron chi connectivity index (χ0n) is 19.6. The van der Waals surface area contributed by atoms with Gasteiger partial charge in [0.05, 0.1) is 11.1 Å². The molecule has 8 heteroatoms. The van der Waals surface area contributed by atoms with Crippen molar-refractivity contribution in [3.05, 3.63) is 20.8 Å². The summed E-state index contributed by atoms with van der Waals surface area (Å²) in [4.78, 5) is 35.9. The van der Waals surface area contributed by atoms with E-state index in [0.717, 1.165) is 68.4 Å². The van der Waals surface area contributed by atoms with Crippen LogP contribution < -0.4 is 10.9 Å². The summed E-state index contributed by atoms with van der Waals surface area (Å²) < 4.78 is 1.85. The first-order chi connectivity index (χ1) is 15.5. The van der Waals surface area contributed by atoms with Crippen molar-refractivity contribution < 1.29 is 4.79 Å². The van der Waals surface area contributed by atoms with Crippen LogP contribution >= 0.6 is 23.1 Å². The number of thiophene rings is 1. The van der Waals surface area contributed by atoms with Gasteiger partial charge in [-0.05, 0) is 64.0 Å². The van der Waals surface area contributed by atoms with Crippen LogP contribution in [0.3, 0.4) is 0 Å². The molecule has 0 radical (unpaired) electrons. The number of amides is 1. The highest BCUT2D eigenvalue weighted by molar-refractivity contribution is 7.99. The summed E-state index contributed by atoms with van der Waals surface area (Å²) in [5, 5.41) is 4.72. The molecule has 1 fully saturated rings. The molecule has 176 valence electrons. The van der Waals surface area contributed by atoms with Gasteiger partial charge in [0.2, 0.25) is 5.91 Å². The Balaban J connectivity index is 1.54. The topological polar surface area (TPSA) is 67.2 Å². The van der Waals surface area contributed by atoms with E-state index in [1.165, 1.54) is 35.0 Å². The van der Waals surface area contributed by atoms with E-state index in [9.17, 15) is 9.59 Å². The van der Waals surface area contributed by atoms with Gasteiger partial charge in [-0.25, -0.2) is 4.98 Å². The summed E-state index contributed by atoms with van der Waals surface area (Å²) in [6.07, 6.45) is 8.48. The lowest BCUT2D eigenvalue weighted by Crippen LogP contribution is -2.45. The molecule has 2 aromatic heterocycles. The monoisotopic (exact) mass is 476 g/mol. The number of fused-ring (bicyclic) bond motifs is 3. The summed E-state index contributed by atoms with van der Waals surface area (Å²) >= 11 is 3.10. The van der Waals surface area contributed by atoms with Crippen molar-refractivity contribution in [2.24, 2.45) is 0 Å². The van der Waals surface area contributed by atoms with Crippen LogP contribution in [0, 0.1) is 0 Å². The molecule has 1 atom stereocenters. The standard InChI is InChI=1S/C24H36N4O2S2/c1-4-16(3)28-23(30)21-18-9-7-6-8-10-19(18)32-22(21)26-24(28)31-15-20(29)25-17-11-13-27(5-2)14-12-17/h16-17H,4-15H2,1-3H3,(H,25,29)/t16-/m0/s1. The second kappa shape index (κ2) is 10.7. The number of aromatic nitrogens is 2. The van der Waals surface area contributed by atoms with Gasteiger partial charge in [-0.3, -0.25) is 14.2 Å². The van der Waals surface area contributed by atoms with Gasteiger partial charge in [-0.15, -0.1) is 11.3 Å². The van der Waals surface area contributed by atoms with E-state index in [0.29, 0.717) is 10.9 Å². The van der Waals surface area contributed by atoms with E-state index in [-0.39, 0.29) is 23.6 Å². The predicted molar refractivity (Wildman–Crippen MR) is 134 cm³/mol. The van der Waals surface area contributed by atoms with Gasteiger partial charge in [-0.2, -0.15) is 0 Å². The minimum atomic E-state index is 0.0388. The van der Waals surface area contributed by atoms with Gasteiger partial charge in [0.15, 0.2) is 5.16 Å². The average Bonchev–Trinajstić information content (AvgIpc) is 2.99. The fraction of sp³-hybridized carbons (Fsp3) is 0.708. The maximum absolute atomic E-state index is 13.6. The summed E-state index contributed by atoms with van der Waals surface area (Å²) in [7, 11) is 0. The molecule has 1 aliphatic heterocycles. The molecule has 1 saturated heterocycles. The molecule has 3 heterocycles. The van der Waals surface area contributed by atoms with Crippen LogP contribution in [-0.2, 0) is 17.6 Å². The largest absolute Gasteiger partial charge is 0.353 e. The van der Waals surface area contributed by atoms with Crippen LogP contribution in [0.1, 0.15) is 75.8 Å². The number of thioether (sulfide) groups is 1. The maximum Gasteiger partial charge on any atom is 0.263 e. The second-order valence-electron chi connectivity index (χ2n) is 9.14. The Morgan fingerprint density at radius 2 is 1.97 bits per heavy atom. The number of nitrogens with one attached hydrogen (secondary N) is 1. The predicted octanol–water partition coefficient (Wildman–Crippen LogP) is 4.39. The van der Waals surface area contributed by atoms with Gasteiger partial charge in [0, 0.05) is 30.1 Å². The van der Waals surface area contributed by atoms with E-state index < -0.39 is 0 Å². The lowest BCUT2D eigenvalue weighted by atomic mass is 10.1. The summed E-state index contributed by atoms with van der Waals surface area (Å²) in [5.74, 6) is 0.338. The fourth-order valence-electron chi connectivity index (χ4n) is 4.84. The van der Waals surface area contributed by atoms with E-state index in [1.807, 2.05) is 4.57 Å². The van der Waals surface area contributed by atoms with Crippen molar-refractivity contribution in [2.45, 2.75) is 89.4 Å². The van der Waals surface area contributed by atoms with Crippen molar-refractivity contribution in [1.29, 1.82) is 0 Å². The lowest BCUT2D eigenvalue weighted by molar-refractivity contribution is -0.119. The molecule has 32 heavy (non-hydrogen) atoms. The lowest BCUT2D eigenvalue weighted by Gasteiger charge is -2.31. The molecule has 0 saturated carbocycles. The summed E-state index contributed by atoms with van der Waals surface area (Å²) in [6, 6.07) is 0.315. The van der Waals surface area contributed by atoms with E-state index >= 15 is 0 Å². The van der Waals surface area contributed by atoms with Crippen LogP contribution in [0.4, 0.5) is 0 Å². The van der Waals surface area contributed by atoms with Crippen molar-refractivity contribution in [1.82, 2.24) is 19.8 Å². The SMILES string of the molecule is CC[C@H](C)n1c(SCC(=O)NC2CCN(CC)CC2)nc2sc3c(c2c1=O)CCCCC3. The first-order valence-electron chi connectivity index (χ1n) is 12.2. The number of rotatable bonds is 7. The molecule has 6 nitrogen and oxygen atoms in total. The van der Waals surface area contributed by atoms with E-state index in [1.54, 1.807) is 11.3 Å². The van der Waals surface area contributed by atoms with Gasteiger partial charge < -0.3 is 10.2 Å². The highest BCUT2D eigenvalue weighted by Crippen LogP contribution is 2.34. The van der Waals surface area contributed by atoms with Gasteiger partial charge in [0.1, 0.15) is 4.83 Å². The van der Waals surface area contributed by atoms with Crippen LogP contribution in [0.5, 0.6) is 0 Å². The Morgan fingerprint density at radius 3 is 2.69 bits per heavy atom. The molecule has 0 unspecified atom stereocenters. The molecule has 2 aromatic rings. The highest BCUT2D eigenvalue weighted by Gasteiger charge is 2.24. The molecule has 1 aliphatic carbocycles. The average molecular weight is 477 g/mol. The van der Waals surface area contributed by atoms with Crippen LogP contribution in [0.15, 0.2) is 9.95 Å². The Bertz CT molecular complexity index is 1010. The van der Waals surface area contributed by atoms with Gasteiger partial charge in [-0.1, -0.05) is 32.0 Å². The van der Waals surface area contributed by atoms with Crippen LogP contribution in [0.25, 0.3) is 10.2 Å². The molecular weight excluding hydrogens is 440 g/mol. The number of aryl methyl sites for hydroxylation is 2. The molecule has 2 aliphatic rings. The van der Waals surface area contributed by atoms with Crippen molar-refractivity contribution in [3.63, 3.8) is 0 Å². The third kappa shape index (κ3) is 5.07. The van der Waals surface area contributed by atoms with Crippen LogP contribution in [0.2, 0.25) is 0 Å². The van der Waals surface area contributed by atoms with Crippen molar-refractivity contribution in [3.8, 4) is 0 Å². The summed E-state index contributed by atoms with van der Waals surface area (Å²) in [6.45, 7) is 9.52. The van der Waals surface area contributed by atoms with Gasteiger partial charge in [0.25, 0.3) is 5.56 Å². The Hall–Kier alpha value is -1.38. The third-order valence-electron chi connectivity index (χ3n) is 7.00. The van der Waals surface area contributed by atoms with Crippen molar-refractivity contribution in [2.75, 3.05) is 25.4 Å². The number of likely N-dealkylation sites (tertiary alicyclic amines) is 1. The maximum atomic E-state index is 13.6. The molecular formula is C24H36N4O2S2. The fourth-order valence-corrected chi connectivity index (χ4v) is 7.05. The second-order valence-corrected chi connectivity index (χ2v) is 11.2. The zero-order valence-corrected chi connectivity index (χ0v) is 21.2. The summed E-state index contributed by atoms with van der Waals surface area (Å²) in [5.41, 5.74) is 1.32. The number of piperidine rings is 1. The van der Waals surface area contributed by atoms with E-state index in [2.05, 4.69) is 31.0 Å². The minimum absolute atomic E-state index is 0.0388. The Morgan fingerprint density at radius 1 is 1.22 bits per heavy atom. The quantitative estimate of drug-likeness (QED) is 0.365. The molecule has 0 aromatic carbocycles. The van der Waals surface area contributed by atoms with E-state index in [4.69, 9.17) is 4.98 Å². The first-order valence-corrected chi connectivity index (χ1v) is 14.0. The van der Waals surface area contributed by atoms with Gasteiger partial charge >= 0.3 is 0 Å². The Labute approximate surface area is 199 Å². The number of hydrogen-bond acceptors (Lipinski definition) is 6. The normalized spacial score (nSPS) is 19.0. The number of carbonyl (C=O) groups excluding carboxylic acids is 1. The molecule has 1 N–H and O–H groups in total. The molecule has 0 bridgehead atoms. The molecule has 1 amide bonds. The zero-order chi connectivity index (χ0) is 22.7. The molecule has 0 spiro atoms. The van der Waals surface area contributed by atoms with Crippen molar-refractivity contribution >= 4 is 39.2 Å². The smallest absolute Gasteiger partial charge is 0.263 e. The number of hydrogen-bond donors (Lipinski definition) is 1. The Kier molecular flexibility index (Phi) is 7.95. The van der Waals surface area contributed by atoms with Crippen LogP contribution in [-0.4, -0.2) is 51.8 Å². The molecule has 4 rings (SSSR count). The minimum Gasteiger partial charge on any atom is -0.353 e. The number of carbonyl (C=O) groups is 1. The first kappa shape index (κ1) is 23.8. The highest BCUT2D eigenvalue weighted by atomic mass is 32.2.